The number of hydrogen-bond acceptors (Lipinski definition) is 3. The Morgan fingerprint density at radius 3 is 2.57 bits per heavy atom. The monoisotopic (exact) mass is 355 g/mol. The Balaban J connectivity index is 2.68. The van der Waals surface area contributed by atoms with Crippen LogP contribution in [-0.2, 0) is 4.74 Å². The predicted molar refractivity (Wildman–Crippen MR) is 84.5 cm³/mol. The van der Waals surface area contributed by atoms with Gasteiger partial charge in [-0.15, -0.1) is 0 Å². The second-order valence-electron chi connectivity index (χ2n) is 5.47. The summed E-state index contributed by atoms with van der Waals surface area (Å²) in [6.45, 7) is 5.51. The quantitative estimate of drug-likeness (QED) is 0.639. The SMILES string of the molecule is C#CC(O)CN(C[Se]c1ccccc1)C(=O)OC(C)(C)C. The van der Waals surface area contributed by atoms with Crippen LogP contribution in [0.15, 0.2) is 30.3 Å². The van der Waals surface area contributed by atoms with Crippen LogP contribution in [0.4, 0.5) is 4.79 Å². The average Bonchev–Trinajstić information content (AvgIpc) is 2.42. The van der Waals surface area contributed by atoms with Crippen LogP contribution in [0.1, 0.15) is 20.8 Å². The van der Waals surface area contributed by atoms with Gasteiger partial charge in [0.05, 0.1) is 0 Å². The minimum absolute atomic E-state index is 0.0759. The second-order valence-corrected chi connectivity index (χ2v) is 7.61. The summed E-state index contributed by atoms with van der Waals surface area (Å²) in [5.41, 5.74) is -0.0686. The first-order chi connectivity index (χ1) is 9.81. The third kappa shape index (κ3) is 7.19. The van der Waals surface area contributed by atoms with Gasteiger partial charge in [0.25, 0.3) is 0 Å². The molecule has 0 radical (unpaired) electrons. The number of nitrogens with zero attached hydrogens (tertiary/aromatic N) is 1. The van der Waals surface area contributed by atoms with E-state index in [1.165, 1.54) is 9.36 Å². The standard InChI is InChI=1S/C16H21NO3Se/c1-5-13(18)11-17(15(19)20-16(2,3)4)12-21-14-9-7-6-8-10-14/h1,6-10,13,18H,11-12H2,2-4H3. The molecule has 4 nitrogen and oxygen atoms in total. The Morgan fingerprint density at radius 1 is 1.43 bits per heavy atom. The summed E-state index contributed by atoms with van der Waals surface area (Å²) in [4.78, 5) is 13.6. The zero-order chi connectivity index (χ0) is 15.9. The van der Waals surface area contributed by atoms with Crippen molar-refractivity contribution >= 4 is 25.5 Å². The van der Waals surface area contributed by atoms with Gasteiger partial charge in [0.1, 0.15) is 0 Å². The molecule has 0 aliphatic carbocycles. The van der Waals surface area contributed by atoms with E-state index in [2.05, 4.69) is 5.92 Å². The Kier molecular flexibility index (Phi) is 6.77. The molecule has 114 valence electrons. The van der Waals surface area contributed by atoms with Gasteiger partial charge < -0.3 is 0 Å². The van der Waals surface area contributed by atoms with Crippen LogP contribution in [0.2, 0.25) is 0 Å². The normalized spacial score (nSPS) is 12.3. The first kappa shape index (κ1) is 17.6. The molecule has 0 saturated carbocycles. The van der Waals surface area contributed by atoms with Gasteiger partial charge in [-0.1, -0.05) is 0 Å². The number of aliphatic hydroxyl groups is 1. The topological polar surface area (TPSA) is 49.8 Å². The fraction of sp³-hybridized carbons (Fsp3) is 0.438. The van der Waals surface area contributed by atoms with Crippen molar-refractivity contribution in [3.63, 3.8) is 0 Å². The fourth-order valence-corrected chi connectivity index (χ4v) is 3.25. The number of aliphatic hydroxyl groups excluding tert-OH is 1. The third-order valence-corrected chi connectivity index (χ3v) is 4.56. The van der Waals surface area contributed by atoms with Crippen LogP contribution >= 0.6 is 0 Å². The molecule has 1 atom stereocenters. The van der Waals surface area contributed by atoms with Crippen molar-refractivity contribution in [1.29, 1.82) is 0 Å². The summed E-state index contributed by atoms with van der Waals surface area (Å²) >= 11 is 0.0759. The number of amides is 1. The van der Waals surface area contributed by atoms with Gasteiger partial charge in [0.2, 0.25) is 0 Å². The maximum atomic E-state index is 12.2. The van der Waals surface area contributed by atoms with Crippen LogP contribution in [-0.4, -0.2) is 54.7 Å². The van der Waals surface area contributed by atoms with Crippen molar-refractivity contribution in [2.24, 2.45) is 0 Å². The molecule has 0 spiro atoms. The van der Waals surface area contributed by atoms with Gasteiger partial charge in [0, 0.05) is 0 Å². The molecule has 0 fully saturated rings. The van der Waals surface area contributed by atoms with Crippen molar-refractivity contribution < 1.29 is 14.6 Å². The van der Waals surface area contributed by atoms with Crippen LogP contribution < -0.4 is 4.46 Å². The maximum absolute atomic E-state index is 12.2. The minimum atomic E-state index is -0.982. The van der Waals surface area contributed by atoms with E-state index < -0.39 is 17.8 Å². The second kappa shape index (κ2) is 8.09. The number of carbonyl (C=O) groups excluding carboxylic acids is 1. The molecule has 1 amide bonds. The van der Waals surface area contributed by atoms with Gasteiger partial charge in [-0.25, -0.2) is 0 Å². The van der Waals surface area contributed by atoms with E-state index >= 15 is 0 Å². The fourth-order valence-electron chi connectivity index (χ4n) is 1.44. The first-order valence-electron chi connectivity index (χ1n) is 6.62. The van der Waals surface area contributed by atoms with Crippen LogP contribution in [0.5, 0.6) is 0 Å². The molecule has 21 heavy (non-hydrogen) atoms. The summed E-state index contributed by atoms with van der Waals surface area (Å²) in [5.74, 6) is 2.22. The van der Waals surface area contributed by atoms with Gasteiger partial charge in [-0.3, -0.25) is 0 Å². The van der Waals surface area contributed by atoms with E-state index in [1.54, 1.807) is 0 Å². The Labute approximate surface area is 132 Å². The number of hydrogen-bond donors (Lipinski definition) is 1. The average molecular weight is 354 g/mol. The molecule has 5 heteroatoms. The van der Waals surface area contributed by atoms with E-state index in [1.807, 2.05) is 51.1 Å². The van der Waals surface area contributed by atoms with Crippen molar-refractivity contribution in [1.82, 2.24) is 4.90 Å². The molecular weight excluding hydrogens is 333 g/mol. The molecule has 1 aromatic carbocycles. The summed E-state index contributed by atoms with van der Waals surface area (Å²) in [6, 6.07) is 9.92. The van der Waals surface area contributed by atoms with Crippen LogP contribution in [0, 0.1) is 12.3 Å². The van der Waals surface area contributed by atoms with E-state index in [9.17, 15) is 9.90 Å². The molecule has 1 unspecified atom stereocenters. The van der Waals surface area contributed by atoms with E-state index in [4.69, 9.17) is 11.2 Å². The Hall–Kier alpha value is -1.47. The van der Waals surface area contributed by atoms with Crippen molar-refractivity contribution in [2.45, 2.75) is 32.5 Å². The number of ether oxygens (including phenoxy) is 1. The Bertz CT molecular complexity index is 490. The molecule has 0 aromatic heterocycles. The zero-order valence-electron chi connectivity index (χ0n) is 12.6. The van der Waals surface area contributed by atoms with Gasteiger partial charge in [-0.2, -0.15) is 0 Å². The molecule has 1 aromatic rings. The van der Waals surface area contributed by atoms with Crippen molar-refractivity contribution in [3.05, 3.63) is 30.3 Å². The molecule has 1 N–H and O–H groups in total. The number of benzene rings is 1. The van der Waals surface area contributed by atoms with Gasteiger partial charge >= 0.3 is 132 Å². The summed E-state index contributed by atoms with van der Waals surface area (Å²) in [7, 11) is 0. The molecule has 1 rings (SSSR count). The number of carbonyl (C=O) groups is 1. The Morgan fingerprint density at radius 2 is 2.05 bits per heavy atom. The number of rotatable bonds is 5. The van der Waals surface area contributed by atoms with E-state index in [-0.39, 0.29) is 21.5 Å². The van der Waals surface area contributed by atoms with Gasteiger partial charge in [0.15, 0.2) is 0 Å². The summed E-state index contributed by atoms with van der Waals surface area (Å²) in [5, 5.41) is 9.59. The summed E-state index contributed by atoms with van der Waals surface area (Å²) < 4.78 is 6.53. The molecular formula is C16H21NO3Se. The summed E-state index contributed by atoms with van der Waals surface area (Å²) in [6.07, 6.45) is 3.75. The molecule has 0 saturated heterocycles. The molecule has 0 heterocycles. The molecule has 0 aliphatic heterocycles. The van der Waals surface area contributed by atoms with E-state index in [0.29, 0.717) is 5.44 Å². The van der Waals surface area contributed by atoms with Crippen LogP contribution in [0.25, 0.3) is 0 Å². The van der Waals surface area contributed by atoms with Crippen molar-refractivity contribution in [2.75, 3.05) is 12.0 Å². The van der Waals surface area contributed by atoms with Gasteiger partial charge in [-0.05, 0) is 0 Å². The van der Waals surface area contributed by atoms with E-state index in [0.717, 1.165) is 0 Å². The van der Waals surface area contributed by atoms with Crippen LogP contribution in [0.3, 0.4) is 0 Å². The molecule has 0 bridgehead atoms. The third-order valence-electron chi connectivity index (χ3n) is 2.37. The zero-order valence-corrected chi connectivity index (χ0v) is 14.3. The number of terminal acetylenes is 1. The molecule has 0 aliphatic rings. The van der Waals surface area contributed by atoms with Crippen molar-refractivity contribution in [3.8, 4) is 12.3 Å². The predicted octanol–water partition coefficient (Wildman–Crippen LogP) is 1.20. The first-order valence-corrected chi connectivity index (χ1v) is 8.68.